The van der Waals surface area contributed by atoms with Crippen LogP contribution in [0.5, 0.6) is 11.5 Å². The second kappa shape index (κ2) is 8.12. The Kier molecular flexibility index (Phi) is 6.82. The number of methoxy groups -OCH3 is 1. The van der Waals surface area contributed by atoms with Crippen LogP contribution in [0.25, 0.3) is 0 Å². The van der Waals surface area contributed by atoms with E-state index in [1.807, 2.05) is 6.07 Å². The summed E-state index contributed by atoms with van der Waals surface area (Å²) in [6.07, 6.45) is 1.14. The first kappa shape index (κ1) is 16.8. The van der Waals surface area contributed by atoms with Crippen LogP contribution in [0.1, 0.15) is 25.8 Å². The number of rotatable bonds is 8. The fourth-order valence-electron chi connectivity index (χ4n) is 2.34. The topological polar surface area (TPSA) is 44.7 Å². The van der Waals surface area contributed by atoms with Gasteiger partial charge in [0.05, 0.1) is 7.11 Å². The van der Waals surface area contributed by atoms with Crippen LogP contribution in [-0.2, 0) is 6.54 Å². The molecule has 0 bridgehead atoms. The molecule has 1 aromatic carbocycles. The fraction of sp³-hybridized carbons (Fsp3) is 0.625. The minimum absolute atomic E-state index is 0.194. The summed E-state index contributed by atoms with van der Waals surface area (Å²) >= 11 is 0. The highest BCUT2D eigenvalue weighted by atomic mass is 16.5. The molecule has 0 aliphatic rings. The van der Waals surface area contributed by atoms with Crippen LogP contribution >= 0.6 is 0 Å². The second-order valence-corrected chi connectivity index (χ2v) is 5.98. The highest BCUT2D eigenvalue weighted by molar-refractivity contribution is 5.41. The van der Waals surface area contributed by atoms with Gasteiger partial charge in [0.2, 0.25) is 0 Å². The van der Waals surface area contributed by atoms with Gasteiger partial charge in [0.1, 0.15) is 0 Å². The van der Waals surface area contributed by atoms with Crippen molar-refractivity contribution in [3.05, 3.63) is 23.8 Å². The molecule has 114 valence electrons. The normalized spacial score (nSPS) is 12.9. The molecule has 4 heteroatoms. The van der Waals surface area contributed by atoms with Crippen molar-refractivity contribution >= 4 is 0 Å². The predicted octanol–water partition coefficient (Wildman–Crippen LogP) is 2.47. The molecule has 1 unspecified atom stereocenters. The van der Waals surface area contributed by atoms with Crippen molar-refractivity contribution < 1.29 is 9.84 Å². The van der Waals surface area contributed by atoms with E-state index in [-0.39, 0.29) is 5.75 Å². The molecule has 0 aliphatic heterocycles. The SMILES string of the molecule is COc1ccc(CNC(CC(C)C)CN(C)C)cc1O. The Morgan fingerprint density at radius 1 is 1.30 bits per heavy atom. The Labute approximate surface area is 122 Å². The third kappa shape index (κ3) is 5.80. The molecule has 20 heavy (non-hydrogen) atoms. The molecule has 0 saturated carbocycles. The van der Waals surface area contributed by atoms with E-state index in [0.29, 0.717) is 17.7 Å². The lowest BCUT2D eigenvalue weighted by molar-refractivity contribution is 0.304. The van der Waals surface area contributed by atoms with Gasteiger partial charge in [0.15, 0.2) is 11.5 Å². The maximum Gasteiger partial charge on any atom is 0.160 e. The zero-order valence-corrected chi connectivity index (χ0v) is 13.3. The van der Waals surface area contributed by atoms with Crippen molar-refractivity contribution in [1.29, 1.82) is 0 Å². The Balaban J connectivity index is 2.59. The van der Waals surface area contributed by atoms with Gasteiger partial charge in [0.25, 0.3) is 0 Å². The summed E-state index contributed by atoms with van der Waals surface area (Å²) in [5.41, 5.74) is 1.07. The number of ether oxygens (including phenoxy) is 1. The molecule has 1 atom stereocenters. The van der Waals surface area contributed by atoms with E-state index in [0.717, 1.165) is 25.1 Å². The number of phenols is 1. The fourth-order valence-corrected chi connectivity index (χ4v) is 2.34. The smallest absolute Gasteiger partial charge is 0.160 e. The summed E-state index contributed by atoms with van der Waals surface area (Å²) in [5, 5.41) is 13.4. The second-order valence-electron chi connectivity index (χ2n) is 5.98. The first-order chi connectivity index (χ1) is 9.42. The maximum atomic E-state index is 9.79. The van der Waals surface area contributed by atoms with Crippen LogP contribution in [0, 0.1) is 5.92 Å². The van der Waals surface area contributed by atoms with E-state index >= 15 is 0 Å². The molecule has 0 saturated heterocycles. The molecule has 0 spiro atoms. The molecule has 1 rings (SSSR count). The van der Waals surface area contributed by atoms with Gasteiger partial charge in [-0.25, -0.2) is 0 Å². The first-order valence-corrected chi connectivity index (χ1v) is 7.16. The molecule has 1 aromatic rings. The lowest BCUT2D eigenvalue weighted by atomic mass is 10.0. The van der Waals surface area contributed by atoms with E-state index in [9.17, 15) is 5.11 Å². The van der Waals surface area contributed by atoms with Crippen LogP contribution in [0.2, 0.25) is 0 Å². The molecule has 4 nitrogen and oxygen atoms in total. The van der Waals surface area contributed by atoms with E-state index < -0.39 is 0 Å². The third-order valence-electron chi connectivity index (χ3n) is 3.18. The Morgan fingerprint density at radius 2 is 2.00 bits per heavy atom. The number of nitrogens with one attached hydrogen (secondary N) is 1. The van der Waals surface area contributed by atoms with Crippen LogP contribution in [0.4, 0.5) is 0 Å². The summed E-state index contributed by atoms with van der Waals surface area (Å²) in [6, 6.07) is 5.99. The quantitative estimate of drug-likeness (QED) is 0.768. The van der Waals surface area contributed by atoms with Crippen LogP contribution < -0.4 is 10.1 Å². The summed E-state index contributed by atoms with van der Waals surface area (Å²) in [4.78, 5) is 2.20. The molecule has 2 N–H and O–H groups in total. The molecule has 0 heterocycles. The summed E-state index contributed by atoms with van der Waals surface area (Å²) in [7, 11) is 5.74. The van der Waals surface area contributed by atoms with Gasteiger partial charge in [0, 0.05) is 19.1 Å². The van der Waals surface area contributed by atoms with Gasteiger partial charge in [-0.3, -0.25) is 0 Å². The van der Waals surface area contributed by atoms with E-state index in [4.69, 9.17) is 4.74 Å². The zero-order valence-electron chi connectivity index (χ0n) is 13.3. The molecular weight excluding hydrogens is 252 g/mol. The predicted molar refractivity (Wildman–Crippen MR) is 83.3 cm³/mol. The van der Waals surface area contributed by atoms with Gasteiger partial charge >= 0.3 is 0 Å². The summed E-state index contributed by atoms with van der Waals surface area (Å²) in [6.45, 7) is 6.25. The van der Waals surface area contributed by atoms with Crippen LogP contribution in [0.15, 0.2) is 18.2 Å². The highest BCUT2D eigenvalue weighted by Gasteiger charge is 2.12. The summed E-state index contributed by atoms with van der Waals surface area (Å²) in [5.74, 6) is 1.37. The molecular formula is C16H28N2O2. The monoisotopic (exact) mass is 280 g/mol. The average molecular weight is 280 g/mol. The molecule has 0 aromatic heterocycles. The van der Waals surface area contributed by atoms with Crippen molar-refractivity contribution in [1.82, 2.24) is 10.2 Å². The van der Waals surface area contributed by atoms with Gasteiger partial charge in [-0.15, -0.1) is 0 Å². The first-order valence-electron chi connectivity index (χ1n) is 7.16. The minimum Gasteiger partial charge on any atom is -0.504 e. The van der Waals surface area contributed by atoms with Gasteiger partial charge in [-0.05, 0) is 44.1 Å². The van der Waals surface area contributed by atoms with Crippen LogP contribution in [-0.4, -0.2) is 43.8 Å². The minimum atomic E-state index is 0.194. The lowest BCUT2D eigenvalue weighted by Crippen LogP contribution is -2.38. The third-order valence-corrected chi connectivity index (χ3v) is 3.18. The number of aromatic hydroxyl groups is 1. The van der Waals surface area contributed by atoms with Crippen molar-refractivity contribution in [3.63, 3.8) is 0 Å². The van der Waals surface area contributed by atoms with Crippen molar-refractivity contribution in [2.75, 3.05) is 27.7 Å². The molecule has 0 amide bonds. The van der Waals surface area contributed by atoms with E-state index in [1.54, 1.807) is 19.2 Å². The highest BCUT2D eigenvalue weighted by Crippen LogP contribution is 2.26. The number of likely N-dealkylation sites (N-methyl/N-ethyl adjacent to an activating group) is 1. The Bertz CT molecular complexity index is 395. The van der Waals surface area contributed by atoms with E-state index in [2.05, 4.69) is 38.2 Å². The van der Waals surface area contributed by atoms with Crippen molar-refractivity contribution in [3.8, 4) is 11.5 Å². The van der Waals surface area contributed by atoms with Gasteiger partial charge in [-0.2, -0.15) is 0 Å². The Morgan fingerprint density at radius 3 is 2.50 bits per heavy atom. The Hall–Kier alpha value is -1.26. The number of nitrogens with zero attached hydrogens (tertiary/aromatic N) is 1. The number of benzene rings is 1. The average Bonchev–Trinajstić information content (AvgIpc) is 2.34. The largest absolute Gasteiger partial charge is 0.504 e. The van der Waals surface area contributed by atoms with Gasteiger partial charge in [-0.1, -0.05) is 19.9 Å². The van der Waals surface area contributed by atoms with E-state index in [1.165, 1.54) is 0 Å². The molecule has 0 fully saturated rings. The number of hydrogen-bond donors (Lipinski definition) is 2. The molecule has 0 radical (unpaired) electrons. The van der Waals surface area contributed by atoms with Gasteiger partial charge < -0.3 is 20.1 Å². The molecule has 0 aliphatic carbocycles. The van der Waals surface area contributed by atoms with Crippen molar-refractivity contribution in [2.24, 2.45) is 5.92 Å². The van der Waals surface area contributed by atoms with Crippen molar-refractivity contribution in [2.45, 2.75) is 32.9 Å². The zero-order chi connectivity index (χ0) is 15.1. The van der Waals surface area contributed by atoms with Crippen LogP contribution in [0.3, 0.4) is 0 Å². The maximum absolute atomic E-state index is 9.79. The lowest BCUT2D eigenvalue weighted by Gasteiger charge is -2.24. The standard InChI is InChI=1S/C16H28N2O2/c1-12(2)8-14(11-18(3)4)17-10-13-6-7-16(20-5)15(19)9-13/h6-7,9,12,14,17,19H,8,10-11H2,1-5H3. The number of phenolic OH excluding ortho intramolecular Hbond substituents is 1. The number of hydrogen-bond acceptors (Lipinski definition) is 4. The summed E-state index contributed by atoms with van der Waals surface area (Å²) < 4.78 is 5.05.